The number of nitrogen functional groups attached to an aromatic ring is 1. The van der Waals surface area contributed by atoms with E-state index in [0.29, 0.717) is 31.4 Å². The molecule has 1 atom stereocenters. The molecule has 0 saturated heterocycles. The highest BCUT2D eigenvalue weighted by Gasteiger charge is 2.17. The van der Waals surface area contributed by atoms with Crippen molar-refractivity contribution in [3.05, 3.63) is 84.4 Å². The Hall–Kier alpha value is -3.50. The molecule has 0 aliphatic heterocycles. The van der Waals surface area contributed by atoms with Gasteiger partial charge in [-0.2, -0.15) is 0 Å². The van der Waals surface area contributed by atoms with Gasteiger partial charge in [0, 0.05) is 29.4 Å². The zero-order chi connectivity index (χ0) is 22.5. The quantitative estimate of drug-likeness (QED) is 0.374. The van der Waals surface area contributed by atoms with E-state index < -0.39 is 6.10 Å². The molecule has 162 valence electrons. The lowest BCUT2D eigenvalue weighted by Crippen LogP contribution is -2.10. The molecule has 1 aromatic heterocycles. The lowest BCUT2D eigenvalue weighted by molar-refractivity contribution is -0.119. The zero-order valence-electron chi connectivity index (χ0n) is 18.3. The summed E-state index contributed by atoms with van der Waals surface area (Å²) in [5.74, 6) is 0.118. The van der Waals surface area contributed by atoms with E-state index >= 15 is 0 Å². The van der Waals surface area contributed by atoms with Crippen LogP contribution in [0.3, 0.4) is 0 Å². The fourth-order valence-corrected chi connectivity index (χ4v) is 3.99. The number of nitrogens with zero attached hydrogens (tertiary/aromatic N) is 1. The van der Waals surface area contributed by atoms with Gasteiger partial charge in [0.05, 0.1) is 23.0 Å². The Labute approximate surface area is 188 Å². The van der Waals surface area contributed by atoms with E-state index in [9.17, 15) is 9.90 Å². The Bertz CT molecular complexity index is 1220. The number of hydrogen-bond acceptors (Lipinski definition) is 4. The predicted octanol–water partition coefficient (Wildman–Crippen LogP) is 5.81. The molecule has 4 rings (SSSR count). The second-order valence-electron chi connectivity index (χ2n) is 8.15. The number of pyridine rings is 1. The van der Waals surface area contributed by atoms with Gasteiger partial charge in [-0.05, 0) is 36.1 Å². The molecule has 0 radical (unpaired) electrons. The molecule has 32 heavy (non-hydrogen) atoms. The summed E-state index contributed by atoms with van der Waals surface area (Å²) < 4.78 is 0. The van der Waals surface area contributed by atoms with Gasteiger partial charge in [0.1, 0.15) is 5.78 Å². The highest BCUT2D eigenvalue weighted by atomic mass is 16.3. The number of anilines is 1. The SMILES string of the molecule is CCC(O)CCC(=O)Cc1ccc2nc(-c3ccccc3)c(-c3ccccc3)c(N)c2c1. The first-order valence-corrected chi connectivity index (χ1v) is 11.1. The van der Waals surface area contributed by atoms with Crippen LogP contribution in [0.25, 0.3) is 33.3 Å². The van der Waals surface area contributed by atoms with Crippen LogP contribution in [0.4, 0.5) is 5.69 Å². The first kappa shape index (κ1) is 21.7. The second-order valence-corrected chi connectivity index (χ2v) is 8.15. The second kappa shape index (κ2) is 9.75. The van der Waals surface area contributed by atoms with Crippen LogP contribution in [-0.2, 0) is 11.2 Å². The Morgan fingerprint density at radius 2 is 1.62 bits per heavy atom. The predicted molar refractivity (Wildman–Crippen MR) is 131 cm³/mol. The minimum Gasteiger partial charge on any atom is -0.398 e. The van der Waals surface area contributed by atoms with Gasteiger partial charge in [-0.1, -0.05) is 73.7 Å². The van der Waals surface area contributed by atoms with E-state index in [-0.39, 0.29) is 5.78 Å². The maximum atomic E-state index is 12.4. The third-order valence-corrected chi connectivity index (χ3v) is 5.83. The summed E-state index contributed by atoms with van der Waals surface area (Å²) in [7, 11) is 0. The number of nitrogens with two attached hydrogens (primary N) is 1. The van der Waals surface area contributed by atoms with E-state index in [0.717, 1.165) is 38.9 Å². The lowest BCUT2D eigenvalue weighted by atomic mass is 9.94. The van der Waals surface area contributed by atoms with Crippen molar-refractivity contribution in [3.8, 4) is 22.4 Å². The van der Waals surface area contributed by atoms with Gasteiger partial charge in [-0.25, -0.2) is 4.98 Å². The van der Waals surface area contributed by atoms with Crippen molar-refractivity contribution in [2.75, 3.05) is 5.73 Å². The van der Waals surface area contributed by atoms with E-state index in [1.807, 2.05) is 85.8 Å². The molecule has 0 spiro atoms. The average molecular weight is 425 g/mol. The largest absolute Gasteiger partial charge is 0.398 e. The fraction of sp³-hybridized carbons (Fsp3) is 0.214. The zero-order valence-corrected chi connectivity index (χ0v) is 18.3. The molecular weight excluding hydrogens is 396 g/mol. The van der Waals surface area contributed by atoms with Crippen molar-refractivity contribution in [3.63, 3.8) is 0 Å². The van der Waals surface area contributed by atoms with Crippen molar-refractivity contribution in [2.24, 2.45) is 0 Å². The molecule has 0 fully saturated rings. The lowest BCUT2D eigenvalue weighted by Gasteiger charge is -2.16. The van der Waals surface area contributed by atoms with Crippen molar-refractivity contribution in [1.82, 2.24) is 4.98 Å². The molecule has 4 heteroatoms. The van der Waals surface area contributed by atoms with Gasteiger partial charge in [0.2, 0.25) is 0 Å². The molecule has 1 heterocycles. The molecular formula is C28H28N2O2. The summed E-state index contributed by atoms with van der Waals surface area (Å²) in [6.07, 6.45) is 1.46. The third kappa shape index (κ3) is 4.71. The van der Waals surface area contributed by atoms with Crippen molar-refractivity contribution in [1.29, 1.82) is 0 Å². The Kier molecular flexibility index (Phi) is 6.62. The molecule has 0 bridgehead atoms. The minimum atomic E-state index is -0.416. The average Bonchev–Trinajstić information content (AvgIpc) is 2.83. The number of aliphatic hydroxyl groups is 1. The Morgan fingerprint density at radius 3 is 2.28 bits per heavy atom. The van der Waals surface area contributed by atoms with Gasteiger partial charge in [-0.15, -0.1) is 0 Å². The molecule has 0 aliphatic carbocycles. The number of aromatic nitrogens is 1. The Balaban J connectivity index is 1.77. The molecule has 0 saturated carbocycles. The van der Waals surface area contributed by atoms with Crippen LogP contribution in [0.1, 0.15) is 31.7 Å². The third-order valence-electron chi connectivity index (χ3n) is 5.83. The topological polar surface area (TPSA) is 76.2 Å². The number of rotatable bonds is 8. The van der Waals surface area contributed by atoms with Gasteiger partial charge in [-0.3, -0.25) is 4.79 Å². The summed E-state index contributed by atoms with van der Waals surface area (Å²) in [6.45, 7) is 1.92. The number of carbonyl (C=O) groups is 1. The van der Waals surface area contributed by atoms with Crippen molar-refractivity contribution in [2.45, 2.75) is 38.7 Å². The standard InChI is InChI=1S/C28H28N2O2/c1-2-22(31)14-15-23(32)17-19-13-16-25-24(18-19)27(29)26(20-9-5-3-6-10-20)28(30-25)21-11-7-4-8-12-21/h3-13,16,18,22,31H,2,14-15,17H2,1H3,(H2,29,30). The first-order chi connectivity index (χ1) is 15.6. The van der Waals surface area contributed by atoms with Crippen LogP contribution in [0, 0.1) is 0 Å². The van der Waals surface area contributed by atoms with Gasteiger partial charge in [0.25, 0.3) is 0 Å². The maximum absolute atomic E-state index is 12.4. The number of Topliss-reactive ketones (excluding diaryl/α,β-unsaturated/α-hetero) is 1. The van der Waals surface area contributed by atoms with Crippen LogP contribution in [-0.4, -0.2) is 22.0 Å². The molecule has 3 N–H and O–H groups in total. The summed E-state index contributed by atoms with van der Waals surface area (Å²) >= 11 is 0. The molecule has 0 amide bonds. The van der Waals surface area contributed by atoms with Crippen LogP contribution in [0.15, 0.2) is 78.9 Å². The summed E-state index contributed by atoms with van der Waals surface area (Å²) in [5, 5.41) is 10.6. The number of ketones is 1. The number of fused-ring (bicyclic) bond motifs is 1. The molecule has 1 unspecified atom stereocenters. The smallest absolute Gasteiger partial charge is 0.137 e. The molecule has 4 aromatic rings. The highest BCUT2D eigenvalue weighted by molar-refractivity contribution is 6.04. The number of hydrogen-bond donors (Lipinski definition) is 2. The van der Waals surface area contributed by atoms with E-state index in [2.05, 4.69) is 0 Å². The Morgan fingerprint density at radius 1 is 0.969 bits per heavy atom. The van der Waals surface area contributed by atoms with E-state index in [1.165, 1.54) is 0 Å². The number of benzene rings is 3. The monoisotopic (exact) mass is 424 g/mol. The summed E-state index contributed by atoms with van der Waals surface area (Å²) in [4.78, 5) is 17.4. The number of carbonyl (C=O) groups excluding carboxylic acids is 1. The molecule has 4 nitrogen and oxygen atoms in total. The van der Waals surface area contributed by atoms with Crippen LogP contribution < -0.4 is 5.73 Å². The van der Waals surface area contributed by atoms with Crippen molar-refractivity contribution < 1.29 is 9.90 Å². The molecule has 3 aromatic carbocycles. The van der Waals surface area contributed by atoms with Crippen LogP contribution in [0.2, 0.25) is 0 Å². The summed E-state index contributed by atoms with van der Waals surface area (Å²) in [5.41, 5.74) is 12.9. The first-order valence-electron chi connectivity index (χ1n) is 11.1. The van der Waals surface area contributed by atoms with E-state index in [1.54, 1.807) is 0 Å². The van der Waals surface area contributed by atoms with Gasteiger partial charge in [0.15, 0.2) is 0 Å². The molecule has 0 aliphatic rings. The summed E-state index contributed by atoms with van der Waals surface area (Å²) in [6, 6.07) is 26.0. The maximum Gasteiger partial charge on any atom is 0.137 e. The van der Waals surface area contributed by atoms with Gasteiger partial charge >= 0.3 is 0 Å². The van der Waals surface area contributed by atoms with Crippen LogP contribution in [0.5, 0.6) is 0 Å². The minimum absolute atomic E-state index is 0.118. The number of aliphatic hydroxyl groups excluding tert-OH is 1. The van der Waals surface area contributed by atoms with Gasteiger partial charge < -0.3 is 10.8 Å². The van der Waals surface area contributed by atoms with Crippen molar-refractivity contribution >= 4 is 22.4 Å². The van der Waals surface area contributed by atoms with Crippen LogP contribution >= 0.6 is 0 Å². The highest BCUT2D eigenvalue weighted by Crippen LogP contribution is 2.39. The fourth-order valence-electron chi connectivity index (χ4n) is 3.99. The van der Waals surface area contributed by atoms with E-state index in [4.69, 9.17) is 10.7 Å². The normalized spacial score (nSPS) is 12.1.